The lowest BCUT2D eigenvalue weighted by Crippen LogP contribution is -2.01. The van der Waals surface area contributed by atoms with E-state index in [0.717, 1.165) is 6.42 Å². The first-order valence-electron chi connectivity index (χ1n) is 5.26. The molecule has 1 atom stereocenters. The predicted octanol–water partition coefficient (Wildman–Crippen LogP) is -0.156. The van der Waals surface area contributed by atoms with Gasteiger partial charge >= 0.3 is 0 Å². The first-order valence-corrected chi connectivity index (χ1v) is 5.26. The fourth-order valence-electron chi connectivity index (χ4n) is 1.79. The molecule has 0 unspecified atom stereocenters. The van der Waals surface area contributed by atoms with Crippen LogP contribution in [0, 0.1) is 5.92 Å². The number of nitrogen functional groups attached to an aromatic ring is 2. The van der Waals surface area contributed by atoms with Crippen LogP contribution in [-0.4, -0.2) is 31.2 Å². The van der Waals surface area contributed by atoms with E-state index in [4.69, 9.17) is 16.6 Å². The van der Waals surface area contributed by atoms with Gasteiger partial charge in [-0.3, -0.25) is 4.57 Å². The number of nitrogens with zero attached hydrogens (tertiary/aromatic N) is 4. The maximum absolute atomic E-state index is 8.98. The summed E-state index contributed by atoms with van der Waals surface area (Å²) in [4.78, 5) is 12.1. The minimum absolute atomic E-state index is 0.129. The number of rotatable bonds is 2. The Hall–Kier alpha value is -2.15. The van der Waals surface area contributed by atoms with E-state index in [1.54, 1.807) is 10.9 Å². The fraction of sp³-hybridized carbons (Fsp3) is 0.300. The van der Waals surface area contributed by atoms with Crippen LogP contribution in [0.15, 0.2) is 11.9 Å². The summed E-state index contributed by atoms with van der Waals surface area (Å²) in [7, 11) is 0. The number of anilines is 2. The maximum Gasteiger partial charge on any atom is 0.224 e. The van der Waals surface area contributed by atoms with Gasteiger partial charge in [0.25, 0.3) is 0 Å². The van der Waals surface area contributed by atoms with Gasteiger partial charge in [0.1, 0.15) is 6.33 Å². The minimum atomic E-state index is 0.129. The summed E-state index contributed by atoms with van der Waals surface area (Å²) < 4.78 is 1.76. The summed E-state index contributed by atoms with van der Waals surface area (Å²) in [5.41, 5.74) is 13.5. The lowest BCUT2D eigenvalue weighted by molar-refractivity contribution is 0.281. The van der Waals surface area contributed by atoms with Crippen LogP contribution >= 0.6 is 0 Å². The molecule has 1 saturated carbocycles. The smallest absolute Gasteiger partial charge is 0.224 e. The van der Waals surface area contributed by atoms with E-state index in [1.165, 1.54) is 5.57 Å². The van der Waals surface area contributed by atoms with Crippen molar-refractivity contribution in [3.05, 3.63) is 11.9 Å². The molecular weight excluding hydrogens is 220 g/mol. The van der Waals surface area contributed by atoms with Crippen molar-refractivity contribution in [3.8, 4) is 0 Å². The predicted molar refractivity (Wildman–Crippen MR) is 63.6 cm³/mol. The van der Waals surface area contributed by atoms with E-state index in [9.17, 15) is 0 Å². The van der Waals surface area contributed by atoms with Gasteiger partial charge in [0, 0.05) is 18.7 Å². The second-order valence-corrected chi connectivity index (χ2v) is 4.08. The zero-order valence-corrected chi connectivity index (χ0v) is 9.04. The summed E-state index contributed by atoms with van der Waals surface area (Å²) in [6, 6.07) is 0. The van der Waals surface area contributed by atoms with Crippen LogP contribution < -0.4 is 11.5 Å². The second kappa shape index (κ2) is 3.42. The number of hydrogen-bond acceptors (Lipinski definition) is 6. The number of hydrogen-bond donors (Lipinski definition) is 3. The van der Waals surface area contributed by atoms with Crippen molar-refractivity contribution in [2.45, 2.75) is 6.42 Å². The Bertz CT molecular complexity index is 617. The van der Waals surface area contributed by atoms with Gasteiger partial charge in [0.2, 0.25) is 5.95 Å². The van der Waals surface area contributed by atoms with Crippen LogP contribution in [0.3, 0.4) is 0 Å². The average Bonchev–Trinajstić information content (AvgIpc) is 2.92. The molecule has 1 aliphatic rings. The second-order valence-electron chi connectivity index (χ2n) is 4.08. The van der Waals surface area contributed by atoms with Crippen molar-refractivity contribution in [2.75, 3.05) is 18.1 Å². The van der Waals surface area contributed by atoms with E-state index in [2.05, 4.69) is 15.0 Å². The number of aliphatic hydroxyl groups is 1. The molecule has 0 amide bonds. The van der Waals surface area contributed by atoms with Crippen molar-refractivity contribution in [1.29, 1.82) is 0 Å². The third-order valence-electron chi connectivity index (χ3n) is 2.84. The molecule has 88 valence electrons. The topological polar surface area (TPSA) is 116 Å². The molecule has 3 rings (SSSR count). The maximum atomic E-state index is 8.98. The van der Waals surface area contributed by atoms with Crippen molar-refractivity contribution < 1.29 is 5.11 Å². The molecule has 5 N–H and O–H groups in total. The molecule has 1 aliphatic carbocycles. The average molecular weight is 232 g/mol. The quantitative estimate of drug-likeness (QED) is 0.662. The third kappa shape index (κ3) is 1.60. The molecule has 7 nitrogen and oxygen atoms in total. The van der Waals surface area contributed by atoms with Gasteiger partial charge in [-0.15, -0.1) is 0 Å². The molecule has 2 heterocycles. The normalized spacial score (nSPS) is 21.2. The lowest BCUT2D eigenvalue weighted by atomic mass is 10.4. The van der Waals surface area contributed by atoms with E-state index < -0.39 is 0 Å². The molecule has 0 aromatic carbocycles. The van der Waals surface area contributed by atoms with Gasteiger partial charge in [-0.1, -0.05) is 0 Å². The van der Waals surface area contributed by atoms with Gasteiger partial charge in [0.15, 0.2) is 17.0 Å². The SMILES string of the molecule is Nc1nc(N)c2ncn(/C=C3/C[C@@H]3CO)c2n1. The highest BCUT2D eigenvalue weighted by atomic mass is 16.3. The Balaban J connectivity index is 2.09. The molecule has 0 saturated heterocycles. The van der Waals surface area contributed by atoms with E-state index in [0.29, 0.717) is 11.2 Å². The highest BCUT2D eigenvalue weighted by Crippen LogP contribution is 2.37. The molecular formula is C10H12N6O. The van der Waals surface area contributed by atoms with Crippen LogP contribution in [0.1, 0.15) is 6.42 Å². The van der Waals surface area contributed by atoms with E-state index >= 15 is 0 Å². The van der Waals surface area contributed by atoms with Crippen LogP contribution in [0.4, 0.5) is 11.8 Å². The standard InChI is InChI=1S/C10H12N6O/c11-8-7-9(15-10(12)14-8)16(4-13-7)2-5-1-6(5)3-17/h2,4,6,17H,1,3H2,(H4,11,12,14,15)/b5-2-/t6-/m1/s1. The summed E-state index contributed by atoms with van der Waals surface area (Å²) in [5.74, 6) is 0.674. The van der Waals surface area contributed by atoms with Crippen LogP contribution in [0.2, 0.25) is 0 Å². The summed E-state index contributed by atoms with van der Waals surface area (Å²) >= 11 is 0. The Labute approximate surface area is 96.8 Å². The van der Waals surface area contributed by atoms with Crippen LogP contribution in [0.25, 0.3) is 17.4 Å². The van der Waals surface area contributed by atoms with E-state index in [-0.39, 0.29) is 24.3 Å². The monoisotopic (exact) mass is 232 g/mol. The number of aromatic nitrogens is 4. The van der Waals surface area contributed by atoms with E-state index in [1.807, 2.05) is 6.20 Å². The van der Waals surface area contributed by atoms with Crippen molar-refractivity contribution in [2.24, 2.45) is 5.92 Å². The first kappa shape index (κ1) is 10.0. The number of fused-ring (bicyclic) bond motifs is 1. The number of imidazole rings is 1. The number of aliphatic hydroxyl groups excluding tert-OH is 1. The zero-order chi connectivity index (χ0) is 12.0. The molecule has 17 heavy (non-hydrogen) atoms. The van der Waals surface area contributed by atoms with Gasteiger partial charge in [0.05, 0.1) is 0 Å². The fourth-order valence-corrected chi connectivity index (χ4v) is 1.79. The van der Waals surface area contributed by atoms with Crippen molar-refractivity contribution in [1.82, 2.24) is 19.5 Å². The molecule has 0 bridgehead atoms. The highest BCUT2D eigenvalue weighted by Gasteiger charge is 2.28. The van der Waals surface area contributed by atoms with Crippen LogP contribution in [-0.2, 0) is 0 Å². The largest absolute Gasteiger partial charge is 0.396 e. The Kier molecular flexibility index (Phi) is 2.02. The zero-order valence-electron chi connectivity index (χ0n) is 9.04. The summed E-state index contributed by atoms with van der Waals surface area (Å²) in [6.07, 6.45) is 4.43. The summed E-state index contributed by atoms with van der Waals surface area (Å²) in [6.45, 7) is 0.178. The van der Waals surface area contributed by atoms with Gasteiger partial charge in [-0.2, -0.15) is 9.97 Å². The Morgan fingerprint density at radius 2 is 2.29 bits per heavy atom. The highest BCUT2D eigenvalue weighted by molar-refractivity contribution is 5.84. The summed E-state index contributed by atoms with van der Waals surface area (Å²) in [5, 5.41) is 8.98. The Morgan fingerprint density at radius 1 is 1.47 bits per heavy atom. The van der Waals surface area contributed by atoms with Gasteiger partial charge in [-0.25, -0.2) is 4.98 Å². The first-order chi connectivity index (χ1) is 8.19. The lowest BCUT2D eigenvalue weighted by Gasteiger charge is -1.98. The van der Waals surface area contributed by atoms with Crippen LogP contribution in [0.5, 0.6) is 0 Å². The Morgan fingerprint density at radius 3 is 3.00 bits per heavy atom. The molecule has 7 heteroatoms. The molecule has 2 aromatic heterocycles. The minimum Gasteiger partial charge on any atom is -0.396 e. The molecule has 1 fully saturated rings. The van der Waals surface area contributed by atoms with Crippen molar-refractivity contribution in [3.63, 3.8) is 0 Å². The third-order valence-corrected chi connectivity index (χ3v) is 2.84. The molecule has 0 aliphatic heterocycles. The van der Waals surface area contributed by atoms with Crippen molar-refractivity contribution >= 4 is 29.1 Å². The van der Waals surface area contributed by atoms with Gasteiger partial charge < -0.3 is 16.6 Å². The molecule has 0 radical (unpaired) electrons. The number of nitrogens with two attached hydrogens (primary N) is 2. The van der Waals surface area contributed by atoms with Gasteiger partial charge in [-0.05, 0) is 12.0 Å². The molecule has 0 spiro atoms. The molecule has 2 aromatic rings.